The van der Waals surface area contributed by atoms with Gasteiger partial charge in [-0.1, -0.05) is 13.8 Å². The number of nitrogens with two attached hydrogens (primary N) is 4. The predicted molar refractivity (Wildman–Crippen MR) is 117 cm³/mol. The number of rotatable bonds is 16. The molecule has 0 fully saturated rings. The van der Waals surface area contributed by atoms with Crippen molar-refractivity contribution in [3.63, 3.8) is 0 Å². The zero-order valence-corrected chi connectivity index (χ0v) is 18.8. The zero-order valence-electron chi connectivity index (χ0n) is 18.8. The topological polar surface area (TPSA) is 263 Å². The number of primary amides is 2. The summed E-state index contributed by atoms with van der Waals surface area (Å²) < 4.78 is 0. The maximum absolute atomic E-state index is 12.8. The summed E-state index contributed by atoms with van der Waals surface area (Å²) in [5, 5.41) is 16.3. The normalized spacial score (nSPS) is 14.5. The Hall–Kier alpha value is -3.26. The van der Waals surface area contributed by atoms with Gasteiger partial charge in [0.2, 0.25) is 29.5 Å². The van der Waals surface area contributed by atoms with Gasteiger partial charge in [0.05, 0.1) is 18.9 Å². The summed E-state index contributed by atoms with van der Waals surface area (Å²) in [7, 11) is 0. The van der Waals surface area contributed by atoms with Crippen LogP contribution in [0.25, 0.3) is 0 Å². The largest absolute Gasteiger partial charge is 0.480 e. The summed E-state index contributed by atoms with van der Waals surface area (Å²) in [5.41, 5.74) is 21.2. The molecule has 188 valence electrons. The lowest BCUT2D eigenvalue weighted by Gasteiger charge is -2.25. The Morgan fingerprint density at radius 3 is 1.76 bits per heavy atom. The van der Waals surface area contributed by atoms with E-state index in [1.807, 2.05) is 0 Å². The second kappa shape index (κ2) is 14.7. The van der Waals surface area contributed by atoms with Gasteiger partial charge in [-0.25, -0.2) is 4.79 Å². The van der Waals surface area contributed by atoms with Crippen LogP contribution in [0.4, 0.5) is 0 Å². The van der Waals surface area contributed by atoms with Crippen molar-refractivity contribution in [3.8, 4) is 0 Å². The molecule has 0 radical (unpaired) electrons. The fourth-order valence-corrected chi connectivity index (χ4v) is 2.80. The summed E-state index contributed by atoms with van der Waals surface area (Å²) >= 11 is 0. The van der Waals surface area contributed by atoms with Gasteiger partial charge in [0, 0.05) is 0 Å². The highest BCUT2D eigenvalue weighted by molar-refractivity contribution is 5.96. The number of carboxylic acid groups (broad SMARTS) is 1. The molecule has 0 aliphatic carbocycles. The van der Waals surface area contributed by atoms with Crippen LogP contribution < -0.4 is 38.9 Å². The molecule has 0 spiro atoms. The highest BCUT2D eigenvalue weighted by atomic mass is 16.4. The fourth-order valence-electron chi connectivity index (χ4n) is 2.80. The van der Waals surface area contributed by atoms with Crippen molar-refractivity contribution < 1.29 is 33.9 Å². The molecule has 0 saturated carbocycles. The second-order valence-electron chi connectivity index (χ2n) is 7.92. The summed E-state index contributed by atoms with van der Waals surface area (Å²) in [6, 6.07) is -5.22. The third-order valence-electron chi connectivity index (χ3n) is 4.61. The van der Waals surface area contributed by atoms with Crippen LogP contribution in [0.1, 0.15) is 46.0 Å². The smallest absolute Gasteiger partial charge is 0.326 e. The van der Waals surface area contributed by atoms with Gasteiger partial charge in [-0.3, -0.25) is 24.0 Å². The van der Waals surface area contributed by atoms with Gasteiger partial charge >= 0.3 is 5.97 Å². The quantitative estimate of drug-likeness (QED) is 0.103. The van der Waals surface area contributed by atoms with Crippen molar-refractivity contribution in [2.75, 3.05) is 6.54 Å². The van der Waals surface area contributed by atoms with Crippen LogP contribution in [0.2, 0.25) is 0 Å². The molecule has 14 heteroatoms. The Bertz CT molecular complexity index is 729. The van der Waals surface area contributed by atoms with Crippen molar-refractivity contribution in [3.05, 3.63) is 0 Å². The molecular weight excluding hydrogens is 438 g/mol. The summed E-state index contributed by atoms with van der Waals surface area (Å²) in [6.45, 7) is 3.55. The molecule has 4 atom stereocenters. The van der Waals surface area contributed by atoms with E-state index in [0.29, 0.717) is 19.4 Å². The highest BCUT2D eigenvalue weighted by Gasteiger charge is 2.31. The third kappa shape index (κ3) is 11.8. The SMILES string of the molecule is CC(C)C(NC(=O)C(CCCCN)NC(=O)C(CC(N)=O)NC(=O)C(N)CC(N)=O)C(=O)O. The van der Waals surface area contributed by atoms with Crippen molar-refractivity contribution >= 4 is 35.5 Å². The van der Waals surface area contributed by atoms with E-state index in [1.54, 1.807) is 13.8 Å². The molecule has 0 aromatic rings. The number of hydrogen-bond donors (Lipinski definition) is 8. The van der Waals surface area contributed by atoms with Crippen LogP contribution in [-0.4, -0.2) is 71.3 Å². The van der Waals surface area contributed by atoms with Gasteiger partial charge in [-0.2, -0.15) is 0 Å². The molecule has 0 aliphatic heterocycles. The number of nitrogens with one attached hydrogen (secondary N) is 3. The summed E-state index contributed by atoms with van der Waals surface area (Å²) in [5.74, 6) is -6.04. The Kier molecular flexibility index (Phi) is 13.3. The minimum Gasteiger partial charge on any atom is -0.480 e. The van der Waals surface area contributed by atoms with E-state index in [0.717, 1.165) is 0 Å². The van der Waals surface area contributed by atoms with E-state index < -0.39 is 78.4 Å². The number of hydrogen-bond acceptors (Lipinski definition) is 8. The number of carboxylic acids is 1. The first kappa shape index (κ1) is 29.7. The number of carbonyl (C=O) groups excluding carboxylic acids is 5. The van der Waals surface area contributed by atoms with Gasteiger partial charge in [0.15, 0.2) is 0 Å². The average molecular weight is 474 g/mol. The van der Waals surface area contributed by atoms with Crippen molar-refractivity contribution in [2.24, 2.45) is 28.9 Å². The molecule has 12 N–H and O–H groups in total. The number of unbranched alkanes of at least 4 members (excludes halogenated alkanes) is 1. The van der Waals surface area contributed by atoms with Crippen LogP contribution in [0.3, 0.4) is 0 Å². The van der Waals surface area contributed by atoms with Crippen molar-refractivity contribution in [1.29, 1.82) is 0 Å². The molecule has 0 heterocycles. The molecule has 14 nitrogen and oxygen atoms in total. The van der Waals surface area contributed by atoms with Gasteiger partial charge in [0.25, 0.3) is 0 Å². The zero-order chi connectivity index (χ0) is 25.7. The molecule has 33 heavy (non-hydrogen) atoms. The Labute approximate surface area is 191 Å². The molecular formula is C19H35N7O7. The van der Waals surface area contributed by atoms with Crippen molar-refractivity contribution in [1.82, 2.24) is 16.0 Å². The van der Waals surface area contributed by atoms with Crippen LogP contribution >= 0.6 is 0 Å². The second-order valence-corrected chi connectivity index (χ2v) is 7.92. The van der Waals surface area contributed by atoms with Crippen LogP contribution in [0.5, 0.6) is 0 Å². The lowest BCUT2D eigenvalue weighted by molar-refractivity contribution is -0.143. The first-order valence-electron chi connectivity index (χ1n) is 10.5. The lowest BCUT2D eigenvalue weighted by atomic mass is 10.0. The Morgan fingerprint density at radius 1 is 0.788 bits per heavy atom. The minimum absolute atomic E-state index is 0.123. The Morgan fingerprint density at radius 2 is 1.30 bits per heavy atom. The van der Waals surface area contributed by atoms with Crippen LogP contribution in [0, 0.1) is 5.92 Å². The first-order valence-corrected chi connectivity index (χ1v) is 10.5. The average Bonchev–Trinajstić information content (AvgIpc) is 2.69. The maximum Gasteiger partial charge on any atom is 0.326 e. The van der Waals surface area contributed by atoms with Gasteiger partial charge in [0.1, 0.15) is 18.1 Å². The number of amides is 5. The molecule has 0 rings (SSSR count). The molecule has 0 saturated heterocycles. The summed E-state index contributed by atoms with van der Waals surface area (Å²) in [6.07, 6.45) is -0.00769. The molecule has 0 bridgehead atoms. The molecule has 4 unspecified atom stereocenters. The van der Waals surface area contributed by atoms with E-state index in [-0.39, 0.29) is 6.42 Å². The fraction of sp³-hybridized carbons (Fsp3) is 0.684. The maximum atomic E-state index is 12.8. The minimum atomic E-state index is -1.49. The Balaban J connectivity index is 5.53. The number of aliphatic carboxylic acids is 1. The molecule has 0 aromatic carbocycles. The van der Waals surface area contributed by atoms with E-state index in [2.05, 4.69) is 16.0 Å². The van der Waals surface area contributed by atoms with Crippen molar-refractivity contribution in [2.45, 2.75) is 70.1 Å². The summed E-state index contributed by atoms with van der Waals surface area (Å²) in [4.78, 5) is 71.4. The highest BCUT2D eigenvalue weighted by Crippen LogP contribution is 2.07. The lowest BCUT2D eigenvalue weighted by Crippen LogP contribution is -2.58. The molecule has 0 aromatic heterocycles. The molecule has 5 amide bonds. The van der Waals surface area contributed by atoms with Gasteiger partial charge < -0.3 is 44.0 Å². The molecule has 0 aliphatic rings. The standard InChI is InChI=1S/C19H35N7O7/c1-9(2)15(19(32)33)26-17(30)11(5-3-4-6-20)24-18(31)12(8-14(23)28)25-16(29)10(21)7-13(22)27/h9-12,15H,3-8,20-21H2,1-2H3,(H2,22,27)(H2,23,28)(H,24,31)(H,25,29)(H,26,30)(H,32,33). The van der Waals surface area contributed by atoms with Crippen LogP contribution in [-0.2, 0) is 28.8 Å². The van der Waals surface area contributed by atoms with Gasteiger partial charge in [-0.15, -0.1) is 0 Å². The monoisotopic (exact) mass is 473 g/mol. The van der Waals surface area contributed by atoms with E-state index >= 15 is 0 Å². The van der Waals surface area contributed by atoms with E-state index in [9.17, 15) is 33.9 Å². The third-order valence-corrected chi connectivity index (χ3v) is 4.61. The van der Waals surface area contributed by atoms with E-state index in [1.165, 1.54) is 0 Å². The predicted octanol–water partition coefficient (Wildman–Crippen LogP) is -3.61. The van der Waals surface area contributed by atoms with E-state index in [4.69, 9.17) is 22.9 Å². The van der Waals surface area contributed by atoms with Gasteiger partial charge in [-0.05, 0) is 31.7 Å². The number of carbonyl (C=O) groups is 6. The van der Waals surface area contributed by atoms with Crippen LogP contribution in [0.15, 0.2) is 0 Å². The first-order chi connectivity index (χ1) is 15.3.